The highest BCUT2D eigenvalue weighted by Gasteiger charge is 2.39. The second-order valence-corrected chi connectivity index (χ2v) is 7.33. The molecule has 0 bridgehead atoms. The number of aromatic nitrogens is 2. The maximum Gasteiger partial charge on any atom is 0.173 e. The minimum Gasteiger partial charge on any atom is -0.373 e. The number of aliphatic hydroxyl groups is 1. The van der Waals surface area contributed by atoms with Crippen molar-refractivity contribution in [3.8, 4) is 0 Å². The van der Waals surface area contributed by atoms with E-state index in [1.807, 2.05) is 72.8 Å². The molecule has 0 amide bonds. The van der Waals surface area contributed by atoms with Crippen LogP contribution in [0, 0.1) is 6.92 Å². The number of aryl methyl sites for hydroxylation is 1. The lowest BCUT2D eigenvalue weighted by atomic mass is 9.85. The number of para-hydroxylation sites is 2. The zero-order chi connectivity index (χ0) is 19.0. The minimum absolute atomic E-state index is 0.160. The van der Waals surface area contributed by atoms with Gasteiger partial charge in [-0.15, -0.1) is 0 Å². The van der Waals surface area contributed by atoms with E-state index in [1.165, 1.54) is 0 Å². The molecule has 0 spiro atoms. The molecule has 0 saturated carbocycles. The fourth-order valence-corrected chi connectivity index (χ4v) is 3.72. The standard InChI is InChI=1S/C24H24N2O/c1-17(2)26-22-12-8-7-11-21(22)25-23(26)24(27,19-9-5-4-6-10-19)20-15-13-18(3)14-16-20/h4-17,27H,1-3H3/t24-/m0/s1. The van der Waals surface area contributed by atoms with Gasteiger partial charge in [-0.2, -0.15) is 0 Å². The molecule has 27 heavy (non-hydrogen) atoms. The number of hydrogen-bond donors (Lipinski definition) is 1. The molecule has 0 fully saturated rings. The molecule has 0 saturated heterocycles. The predicted molar refractivity (Wildman–Crippen MR) is 110 cm³/mol. The molecule has 4 aromatic rings. The van der Waals surface area contributed by atoms with Crippen molar-refractivity contribution in [1.82, 2.24) is 9.55 Å². The van der Waals surface area contributed by atoms with E-state index in [0.717, 1.165) is 27.7 Å². The van der Waals surface area contributed by atoms with Gasteiger partial charge in [0.15, 0.2) is 11.4 Å². The molecule has 1 N–H and O–H groups in total. The van der Waals surface area contributed by atoms with E-state index in [0.29, 0.717) is 5.82 Å². The van der Waals surface area contributed by atoms with Gasteiger partial charge >= 0.3 is 0 Å². The number of hydrogen-bond acceptors (Lipinski definition) is 2. The van der Waals surface area contributed by atoms with Gasteiger partial charge in [0.05, 0.1) is 11.0 Å². The van der Waals surface area contributed by atoms with Crippen LogP contribution in [0.3, 0.4) is 0 Å². The Balaban J connectivity index is 2.07. The van der Waals surface area contributed by atoms with Crippen molar-refractivity contribution >= 4 is 11.0 Å². The maximum atomic E-state index is 12.2. The molecule has 0 radical (unpaired) electrons. The number of fused-ring (bicyclic) bond motifs is 1. The minimum atomic E-state index is -1.34. The van der Waals surface area contributed by atoms with Crippen LogP contribution in [0.15, 0.2) is 78.9 Å². The highest BCUT2D eigenvalue weighted by molar-refractivity contribution is 5.77. The van der Waals surface area contributed by atoms with E-state index in [2.05, 4.69) is 31.4 Å². The third-order valence-electron chi connectivity index (χ3n) is 5.10. The highest BCUT2D eigenvalue weighted by Crippen LogP contribution is 2.39. The molecule has 3 heteroatoms. The summed E-state index contributed by atoms with van der Waals surface area (Å²) in [7, 11) is 0. The Bertz CT molecular complexity index is 1060. The summed E-state index contributed by atoms with van der Waals surface area (Å²) in [6.07, 6.45) is 0. The Morgan fingerprint density at radius 3 is 2.07 bits per heavy atom. The molecule has 1 aromatic heterocycles. The molecule has 3 nitrogen and oxygen atoms in total. The van der Waals surface area contributed by atoms with Crippen LogP contribution < -0.4 is 0 Å². The van der Waals surface area contributed by atoms with Crippen molar-refractivity contribution in [3.05, 3.63) is 101 Å². The van der Waals surface area contributed by atoms with Crippen molar-refractivity contribution < 1.29 is 5.11 Å². The predicted octanol–water partition coefficient (Wildman–Crippen LogP) is 5.21. The topological polar surface area (TPSA) is 38.1 Å². The van der Waals surface area contributed by atoms with Gasteiger partial charge in [0.25, 0.3) is 0 Å². The lowest BCUT2D eigenvalue weighted by Gasteiger charge is -2.31. The van der Waals surface area contributed by atoms with Crippen LogP contribution in [0.25, 0.3) is 11.0 Å². The molecule has 0 aliphatic rings. The van der Waals surface area contributed by atoms with E-state index in [4.69, 9.17) is 4.98 Å². The zero-order valence-electron chi connectivity index (χ0n) is 15.9. The second-order valence-electron chi connectivity index (χ2n) is 7.33. The van der Waals surface area contributed by atoms with E-state index in [-0.39, 0.29) is 6.04 Å². The summed E-state index contributed by atoms with van der Waals surface area (Å²) in [5.74, 6) is 0.647. The van der Waals surface area contributed by atoms with E-state index in [9.17, 15) is 5.11 Å². The molecule has 0 aliphatic heterocycles. The van der Waals surface area contributed by atoms with Crippen molar-refractivity contribution in [2.45, 2.75) is 32.4 Å². The number of imidazole rings is 1. The first-order valence-electron chi connectivity index (χ1n) is 9.34. The molecule has 0 unspecified atom stereocenters. The summed E-state index contributed by atoms with van der Waals surface area (Å²) in [5.41, 5.74) is 3.37. The maximum absolute atomic E-state index is 12.2. The molecule has 1 heterocycles. The van der Waals surface area contributed by atoms with Crippen molar-refractivity contribution in [3.63, 3.8) is 0 Å². The van der Waals surface area contributed by atoms with Crippen LogP contribution in [0.4, 0.5) is 0 Å². The third kappa shape index (κ3) is 2.84. The number of nitrogens with zero attached hydrogens (tertiary/aromatic N) is 2. The van der Waals surface area contributed by atoms with Gasteiger partial charge in [-0.25, -0.2) is 4.98 Å². The van der Waals surface area contributed by atoms with E-state index < -0.39 is 5.60 Å². The fraction of sp³-hybridized carbons (Fsp3) is 0.208. The summed E-state index contributed by atoms with van der Waals surface area (Å²) in [5, 5.41) is 12.2. The number of rotatable bonds is 4. The summed E-state index contributed by atoms with van der Waals surface area (Å²) < 4.78 is 2.14. The Morgan fingerprint density at radius 1 is 0.815 bits per heavy atom. The molecule has 4 rings (SSSR count). The fourth-order valence-electron chi connectivity index (χ4n) is 3.72. The average Bonchev–Trinajstić information content (AvgIpc) is 3.09. The first-order chi connectivity index (χ1) is 13.0. The van der Waals surface area contributed by atoms with Crippen molar-refractivity contribution in [2.24, 2.45) is 0 Å². The van der Waals surface area contributed by atoms with Gasteiger partial charge in [-0.1, -0.05) is 72.3 Å². The van der Waals surface area contributed by atoms with Crippen LogP contribution >= 0.6 is 0 Å². The van der Waals surface area contributed by atoms with Crippen molar-refractivity contribution in [2.75, 3.05) is 0 Å². The Labute approximate surface area is 159 Å². The Kier molecular flexibility index (Phi) is 4.33. The first-order valence-corrected chi connectivity index (χ1v) is 9.34. The molecule has 136 valence electrons. The van der Waals surface area contributed by atoms with Gasteiger partial charge in [0, 0.05) is 6.04 Å². The van der Waals surface area contributed by atoms with Gasteiger partial charge in [-0.3, -0.25) is 0 Å². The van der Waals surface area contributed by atoms with Gasteiger partial charge in [0.1, 0.15) is 0 Å². The lowest BCUT2D eigenvalue weighted by Crippen LogP contribution is -2.33. The molecule has 1 atom stereocenters. The van der Waals surface area contributed by atoms with Crippen LogP contribution in [0.5, 0.6) is 0 Å². The summed E-state index contributed by atoms with van der Waals surface area (Å²) in [4.78, 5) is 4.89. The SMILES string of the molecule is Cc1ccc([C@@](O)(c2ccccc2)c2nc3ccccc3n2C(C)C)cc1. The van der Waals surface area contributed by atoms with Crippen LogP contribution in [-0.4, -0.2) is 14.7 Å². The molecular weight excluding hydrogens is 332 g/mol. The van der Waals surface area contributed by atoms with Gasteiger partial charge in [-0.05, 0) is 44.0 Å². The van der Waals surface area contributed by atoms with E-state index >= 15 is 0 Å². The average molecular weight is 356 g/mol. The third-order valence-corrected chi connectivity index (χ3v) is 5.10. The van der Waals surface area contributed by atoms with Crippen LogP contribution in [-0.2, 0) is 5.60 Å². The first kappa shape index (κ1) is 17.5. The normalized spacial score (nSPS) is 13.8. The Morgan fingerprint density at radius 2 is 1.41 bits per heavy atom. The van der Waals surface area contributed by atoms with Gasteiger partial charge < -0.3 is 9.67 Å². The quantitative estimate of drug-likeness (QED) is 0.545. The lowest BCUT2D eigenvalue weighted by molar-refractivity contribution is 0.110. The monoisotopic (exact) mass is 356 g/mol. The molecule has 3 aromatic carbocycles. The summed E-state index contributed by atoms with van der Waals surface area (Å²) >= 11 is 0. The summed E-state index contributed by atoms with van der Waals surface area (Å²) in [6, 6.07) is 26.1. The van der Waals surface area contributed by atoms with Gasteiger partial charge in [0.2, 0.25) is 0 Å². The van der Waals surface area contributed by atoms with Crippen LogP contribution in [0.1, 0.15) is 42.4 Å². The largest absolute Gasteiger partial charge is 0.373 e. The Hall–Kier alpha value is -2.91. The van der Waals surface area contributed by atoms with Crippen LogP contribution in [0.2, 0.25) is 0 Å². The molecular formula is C24H24N2O. The highest BCUT2D eigenvalue weighted by atomic mass is 16.3. The smallest absolute Gasteiger partial charge is 0.173 e. The molecule has 0 aliphatic carbocycles. The van der Waals surface area contributed by atoms with Crippen molar-refractivity contribution in [1.29, 1.82) is 0 Å². The zero-order valence-corrected chi connectivity index (χ0v) is 15.9. The second kappa shape index (κ2) is 6.67. The summed E-state index contributed by atoms with van der Waals surface area (Å²) in [6.45, 7) is 6.30. The van der Waals surface area contributed by atoms with E-state index in [1.54, 1.807) is 0 Å². The number of benzene rings is 3.